The summed E-state index contributed by atoms with van der Waals surface area (Å²) in [7, 11) is 0. The zero-order valence-corrected chi connectivity index (χ0v) is 25.3. The van der Waals surface area contributed by atoms with E-state index in [9.17, 15) is 19.2 Å². The summed E-state index contributed by atoms with van der Waals surface area (Å²) >= 11 is 1.58. The second kappa shape index (κ2) is 12.5. The number of carbonyl (C=O) groups excluding carboxylic acids is 4. The number of fused-ring (bicyclic) bond motifs is 1. The van der Waals surface area contributed by atoms with Crippen LogP contribution >= 0.6 is 11.3 Å². The standard InChI is InChI=1S/C31H34N8O4S/c1-3-17(2)27(34-26(40)14-20-16-44-24-10-5-4-9-21(20)24)30(42)33-22-12-11-18-7-6-8-19-13-23(39(28(18)19)31(22)43)29(41)32-15-25-35-37-38-36-25/h4-10,16-17,22-23,27H,3,11-15H2,1-2H3,(H,32,41)(H,33,42)(H,34,40)(H,35,36,37,38)/t17-,22-,23-,27-/m0/s1. The SMILES string of the molecule is CC[C@H](C)[C@H](NC(=O)Cc1csc2ccccc12)C(=O)N[C@H]1CCc2cccc3c2N(C1=O)[C@H](C(=O)NCc1nn[nH]n1)C3. The van der Waals surface area contributed by atoms with Crippen LogP contribution in [0.4, 0.5) is 5.69 Å². The van der Waals surface area contributed by atoms with Crippen LogP contribution in [0.15, 0.2) is 47.8 Å². The van der Waals surface area contributed by atoms with E-state index in [0.29, 0.717) is 31.5 Å². The number of H-pyrrole nitrogens is 1. The van der Waals surface area contributed by atoms with Crippen LogP contribution in [0, 0.1) is 5.92 Å². The van der Waals surface area contributed by atoms with Gasteiger partial charge in [0.25, 0.3) is 0 Å². The van der Waals surface area contributed by atoms with Crippen LogP contribution in [0.25, 0.3) is 10.1 Å². The van der Waals surface area contributed by atoms with Gasteiger partial charge in [-0.2, -0.15) is 5.21 Å². The Hall–Kier alpha value is -4.65. The van der Waals surface area contributed by atoms with Crippen molar-refractivity contribution in [2.45, 2.75) is 70.6 Å². The van der Waals surface area contributed by atoms with Gasteiger partial charge in [0.15, 0.2) is 5.82 Å². The van der Waals surface area contributed by atoms with Gasteiger partial charge in [-0.25, -0.2) is 0 Å². The maximum absolute atomic E-state index is 14.1. The number of anilines is 1. The number of aromatic nitrogens is 4. The highest BCUT2D eigenvalue weighted by Crippen LogP contribution is 2.39. The van der Waals surface area contributed by atoms with Gasteiger partial charge in [-0.3, -0.25) is 24.1 Å². The number of amides is 4. The van der Waals surface area contributed by atoms with Gasteiger partial charge in [0.2, 0.25) is 23.6 Å². The van der Waals surface area contributed by atoms with E-state index < -0.39 is 24.0 Å². The van der Waals surface area contributed by atoms with Crippen LogP contribution in [0.3, 0.4) is 0 Å². The molecule has 2 aromatic heterocycles. The molecular formula is C31H34N8O4S. The highest BCUT2D eigenvalue weighted by Gasteiger charge is 2.44. The normalized spacial score (nSPS) is 18.8. The molecule has 0 unspecified atom stereocenters. The number of aromatic amines is 1. The van der Waals surface area contributed by atoms with Crippen molar-refractivity contribution in [2.24, 2.45) is 5.92 Å². The Bertz CT molecular complexity index is 1700. The molecule has 0 bridgehead atoms. The molecule has 0 radical (unpaired) electrons. The molecule has 6 rings (SSSR count). The topological polar surface area (TPSA) is 162 Å². The van der Waals surface area contributed by atoms with E-state index in [4.69, 9.17) is 0 Å². The van der Waals surface area contributed by atoms with Gasteiger partial charge in [0.1, 0.15) is 18.1 Å². The van der Waals surface area contributed by atoms with Crippen LogP contribution < -0.4 is 20.9 Å². The van der Waals surface area contributed by atoms with Crippen molar-refractivity contribution >= 4 is 50.7 Å². The van der Waals surface area contributed by atoms with E-state index in [1.54, 1.807) is 11.3 Å². The van der Waals surface area contributed by atoms with E-state index in [1.165, 1.54) is 4.90 Å². The molecule has 4 N–H and O–H groups in total. The van der Waals surface area contributed by atoms with Crippen molar-refractivity contribution in [1.29, 1.82) is 0 Å². The third kappa shape index (κ3) is 5.79. The molecule has 228 valence electrons. The largest absolute Gasteiger partial charge is 0.347 e. The number of hydrogen-bond donors (Lipinski definition) is 4. The average Bonchev–Trinajstić information content (AvgIpc) is 3.77. The second-order valence-electron chi connectivity index (χ2n) is 11.4. The minimum atomic E-state index is -0.863. The van der Waals surface area contributed by atoms with Crippen LogP contribution in [0.1, 0.15) is 49.2 Å². The molecule has 0 spiro atoms. The number of benzene rings is 2. The van der Waals surface area contributed by atoms with Crippen molar-refractivity contribution in [3.05, 3.63) is 70.4 Å². The number of aryl methyl sites for hydroxylation is 1. The lowest BCUT2D eigenvalue weighted by molar-refractivity contribution is -0.133. The van der Waals surface area contributed by atoms with Gasteiger partial charge in [0, 0.05) is 11.1 Å². The third-order valence-corrected chi connectivity index (χ3v) is 9.57. The van der Waals surface area contributed by atoms with E-state index in [2.05, 4.69) is 36.6 Å². The zero-order chi connectivity index (χ0) is 30.8. The summed E-state index contributed by atoms with van der Waals surface area (Å²) in [4.78, 5) is 55.9. The van der Waals surface area contributed by atoms with Crippen LogP contribution in [0.2, 0.25) is 0 Å². The van der Waals surface area contributed by atoms with Gasteiger partial charge in [0.05, 0.1) is 18.7 Å². The Balaban J connectivity index is 1.18. The Labute approximate surface area is 258 Å². The Morgan fingerprint density at radius 1 is 1.14 bits per heavy atom. The summed E-state index contributed by atoms with van der Waals surface area (Å²) in [5, 5.41) is 25.3. The fourth-order valence-electron chi connectivity index (χ4n) is 6.05. The maximum atomic E-state index is 14.1. The van der Waals surface area contributed by atoms with E-state index in [0.717, 1.165) is 32.5 Å². The highest BCUT2D eigenvalue weighted by atomic mass is 32.1. The fraction of sp³-hybridized carbons (Fsp3) is 0.387. The van der Waals surface area contributed by atoms with Crippen molar-refractivity contribution < 1.29 is 19.2 Å². The lowest BCUT2D eigenvalue weighted by Gasteiger charge is -2.29. The molecule has 12 nitrogen and oxygen atoms in total. The lowest BCUT2D eigenvalue weighted by atomic mass is 9.96. The number of nitrogens with zero attached hydrogens (tertiary/aromatic N) is 4. The lowest BCUT2D eigenvalue weighted by Crippen LogP contribution is -2.58. The molecule has 4 atom stereocenters. The predicted molar refractivity (Wildman–Crippen MR) is 165 cm³/mol. The average molecular weight is 615 g/mol. The summed E-state index contributed by atoms with van der Waals surface area (Å²) < 4.78 is 1.10. The molecular weight excluding hydrogens is 580 g/mol. The van der Waals surface area contributed by atoms with Crippen LogP contribution in [0.5, 0.6) is 0 Å². The van der Waals surface area contributed by atoms with Crippen molar-refractivity contribution in [3.63, 3.8) is 0 Å². The Morgan fingerprint density at radius 3 is 2.75 bits per heavy atom. The predicted octanol–water partition coefficient (Wildman–Crippen LogP) is 2.19. The first-order chi connectivity index (χ1) is 21.3. The van der Waals surface area contributed by atoms with Crippen LogP contribution in [-0.4, -0.2) is 62.4 Å². The molecule has 0 saturated carbocycles. The molecule has 2 aliphatic rings. The summed E-state index contributed by atoms with van der Waals surface area (Å²) in [5.74, 6) is -1.20. The molecule has 0 fully saturated rings. The highest BCUT2D eigenvalue weighted by molar-refractivity contribution is 7.17. The summed E-state index contributed by atoms with van der Waals surface area (Å²) in [6.45, 7) is 3.93. The number of carbonyl (C=O) groups is 4. The molecule has 0 saturated heterocycles. The quantitative estimate of drug-likeness (QED) is 0.213. The zero-order valence-electron chi connectivity index (χ0n) is 24.5. The van der Waals surface area contributed by atoms with Crippen molar-refractivity contribution in [3.8, 4) is 0 Å². The summed E-state index contributed by atoms with van der Waals surface area (Å²) in [5.41, 5.74) is 3.52. The molecule has 4 aromatic rings. The van der Waals surface area contributed by atoms with E-state index >= 15 is 0 Å². The second-order valence-corrected chi connectivity index (χ2v) is 12.3. The molecule has 4 amide bonds. The van der Waals surface area contributed by atoms with E-state index in [1.807, 2.05) is 61.7 Å². The van der Waals surface area contributed by atoms with Gasteiger partial charge in [-0.1, -0.05) is 61.9 Å². The minimum absolute atomic E-state index is 0.0642. The number of thiophene rings is 1. The molecule has 2 aliphatic heterocycles. The number of nitrogens with one attached hydrogen (secondary N) is 4. The molecule has 13 heteroatoms. The fourth-order valence-corrected chi connectivity index (χ4v) is 7.01. The van der Waals surface area contributed by atoms with Crippen molar-refractivity contribution in [1.82, 2.24) is 36.6 Å². The molecule has 0 aliphatic carbocycles. The van der Waals surface area contributed by atoms with Gasteiger partial charge in [-0.05, 0) is 52.3 Å². The van der Waals surface area contributed by atoms with Gasteiger partial charge < -0.3 is 16.0 Å². The number of tetrazole rings is 1. The third-order valence-electron chi connectivity index (χ3n) is 8.56. The summed E-state index contributed by atoms with van der Waals surface area (Å²) in [6.07, 6.45) is 2.09. The molecule has 2 aromatic carbocycles. The van der Waals surface area contributed by atoms with Crippen molar-refractivity contribution in [2.75, 3.05) is 4.90 Å². The maximum Gasteiger partial charge on any atom is 0.250 e. The smallest absolute Gasteiger partial charge is 0.250 e. The number of para-hydroxylation sites is 1. The molecule has 44 heavy (non-hydrogen) atoms. The van der Waals surface area contributed by atoms with Crippen LogP contribution in [-0.2, 0) is 45.0 Å². The Kier molecular flexibility index (Phi) is 8.38. The first kappa shape index (κ1) is 29.4. The number of rotatable bonds is 10. The first-order valence-electron chi connectivity index (χ1n) is 14.8. The Morgan fingerprint density at radius 2 is 1.95 bits per heavy atom. The minimum Gasteiger partial charge on any atom is -0.347 e. The monoisotopic (exact) mass is 614 g/mol. The van der Waals surface area contributed by atoms with Gasteiger partial charge >= 0.3 is 0 Å². The van der Waals surface area contributed by atoms with E-state index in [-0.39, 0.29) is 36.6 Å². The first-order valence-corrected chi connectivity index (χ1v) is 15.7. The van der Waals surface area contributed by atoms with Gasteiger partial charge in [-0.15, -0.1) is 21.5 Å². The number of hydrogen-bond acceptors (Lipinski definition) is 8. The summed E-state index contributed by atoms with van der Waals surface area (Å²) in [6, 6.07) is 11.3. The molecule has 4 heterocycles.